The summed E-state index contributed by atoms with van der Waals surface area (Å²) in [6.07, 6.45) is 7.31. The molecule has 12 atom stereocenters. The van der Waals surface area contributed by atoms with Crippen LogP contribution >= 0.6 is 23.5 Å². The maximum absolute atomic E-state index is 13.7. The monoisotopic (exact) mass is 1070 g/mol. The normalized spacial score (nSPS) is 28.6. The lowest BCUT2D eigenvalue weighted by Gasteiger charge is -2.33. The zero-order valence-corrected chi connectivity index (χ0v) is 46.9. The van der Waals surface area contributed by atoms with Crippen LogP contribution in [-0.4, -0.2) is 192 Å². The van der Waals surface area contributed by atoms with E-state index in [-0.39, 0.29) is 112 Å². The molecule has 19 nitrogen and oxygen atoms in total. The zero-order valence-electron chi connectivity index (χ0n) is 45.3. The Labute approximate surface area is 441 Å². The van der Waals surface area contributed by atoms with Crippen LogP contribution in [0.2, 0.25) is 0 Å². The summed E-state index contributed by atoms with van der Waals surface area (Å²) < 4.78 is 33.8. The Morgan fingerprint density at radius 3 is 2.10 bits per heavy atom. The summed E-state index contributed by atoms with van der Waals surface area (Å²) >= 11 is 3.04. The molecule has 414 valence electrons. The summed E-state index contributed by atoms with van der Waals surface area (Å²) in [5.74, 6) is -1.25. The van der Waals surface area contributed by atoms with E-state index in [0.29, 0.717) is 24.0 Å². The predicted octanol–water partition coefficient (Wildman–Crippen LogP) is 5.58. The lowest BCUT2D eigenvalue weighted by atomic mass is 9.86. The van der Waals surface area contributed by atoms with Crippen molar-refractivity contribution in [2.24, 2.45) is 17.8 Å². The highest BCUT2D eigenvalue weighted by atomic mass is 32.2. The van der Waals surface area contributed by atoms with E-state index >= 15 is 0 Å². The molecule has 0 aromatic carbocycles. The molecule has 4 aliphatic heterocycles. The summed E-state index contributed by atoms with van der Waals surface area (Å²) in [6.45, 7) is 14.5. The van der Waals surface area contributed by atoms with Crippen LogP contribution < -0.4 is 5.32 Å². The molecule has 73 heavy (non-hydrogen) atoms. The van der Waals surface area contributed by atoms with Crippen LogP contribution in [0.1, 0.15) is 138 Å². The number of likely N-dealkylation sites (N-methyl/N-ethyl adjacent to an activating group) is 1. The van der Waals surface area contributed by atoms with Crippen LogP contribution in [0.15, 0.2) is 0 Å². The summed E-state index contributed by atoms with van der Waals surface area (Å²) in [4.78, 5) is 110. The number of ether oxygens (including phenoxy) is 6. The maximum atomic E-state index is 13.7. The van der Waals surface area contributed by atoms with Crippen molar-refractivity contribution >= 4 is 71.0 Å². The fourth-order valence-corrected chi connectivity index (χ4v) is 13.4. The van der Waals surface area contributed by atoms with Crippen molar-refractivity contribution in [1.82, 2.24) is 24.9 Å². The quantitative estimate of drug-likeness (QED) is 0.0460. The van der Waals surface area contributed by atoms with Crippen LogP contribution in [-0.2, 0) is 62.0 Å². The molecule has 21 heteroatoms. The van der Waals surface area contributed by atoms with Crippen LogP contribution in [0.4, 0.5) is 4.79 Å². The number of nitrogens with one attached hydrogen (secondary N) is 1. The molecular formula is C52H85N5O14S2. The second-order valence-electron chi connectivity index (χ2n) is 21.6. The van der Waals surface area contributed by atoms with Gasteiger partial charge < -0.3 is 38.2 Å². The highest BCUT2D eigenvalue weighted by Crippen LogP contribution is 2.48. The number of imide groups is 2. The fraction of sp³-hybridized carbons (Fsp3) is 0.846. The molecule has 4 saturated heterocycles. The summed E-state index contributed by atoms with van der Waals surface area (Å²) in [5.41, 5.74) is -1.07. The Balaban J connectivity index is 0.992. The van der Waals surface area contributed by atoms with Gasteiger partial charge in [-0.25, -0.2) is 9.59 Å². The van der Waals surface area contributed by atoms with Gasteiger partial charge in [-0.05, 0) is 51.4 Å². The van der Waals surface area contributed by atoms with Gasteiger partial charge in [0.1, 0.15) is 30.1 Å². The highest BCUT2D eigenvalue weighted by Gasteiger charge is 2.64. The molecule has 5 fully saturated rings. The van der Waals surface area contributed by atoms with Gasteiger partial charge in [-0.15, -0.1) is 23.5 Å². The molecule has 0 bridgehead atoms. The Bertz CT molecular complexity index is 1940. The SMILES string of the molecule is CCC(SC1CC(=O)N(CCOCCOCCN2C(=O)CC(SC(C)(C)CCC(=O)N(C)[C@@H](C)C(=O)O[C@@H](CC(=O)N(C)C)[C@]3(C)O[C@H]3[C@H](C)[C@@H]3CC(OC)NC(=O)O3)C2=O)C1=O)C1CCCCCC(C)CC1. The van der Waals surface area contributed by atoms with Gasteiger partial charge in [-0.1, -0.05) is 66.7 Å². The number of thioether (sulfide) groups is 2. The molecule has 0 radical (unpaired) electrons. The third kappa shape index (κ3) is 16.7. The first-order chi connectivity index (χ1) is 34.5. The Morgan fingerprint density at radius 1 is 0.863 bits per heavy atom. The van der Waals surface area contributed by atoms with Gasteiger partial charge in [-0.3, -0.25) is 43.9 Å². The molecular weight excluding hydrogens is 983 g/mol. The van der Waals surface area contributed by atoms with E-state index in [1.807, 2.05) is 20.8 Å². The van der Waals surface area contributed by atoms with Crippen molar-refractivity contribution < 1.29 is 66.8 Å². The number of nitrogens with zero attached hydrogens (tertiary/aromatic N) is 4. The minimum absolute atomic E-state index is 0.0233. The second kappa shape index (κ2) is 27.5. The van der Waals surface area contributed by atoms with Crippen molar-refractivity contribution in [2.75, 3.05) is 67.8 Å². The Hall–Kier alpha value is -3.50. The topological polar surface area (TPSA) is 220 Å². The van der Waals surface area contributed by atoms with E-state index in [1.165, 1.54) is 90.5 Å². The molecule has 6 unspecified atom stereocenters. The number of methoxy groups -OCH3 is 1. The number of epoxide rings is 1. The van der Waals surface area contributed by atoms with Gasteiger partial charge in [-0.2, -0.15) is 0 Å². The third-order valence-electron chi connectivity index (χ3n) is 15.5. The van der Waals surface area contributed by atoms with Crippen LogP contribution in [0.5, 0.6) is 0 Å². The van der Waals surface area contributed by atoms with E-state index in [9.17, 15) is 38.4 Å². The predicted molar refractivity (Wildman–Crippen MR) is 276 cm³/mol. The van der Waals surface area contributed by atoms with Crippen LogP contribution in [0, 0.1) is 17.8 Å². The molecule has 5 rings (SSSR count). The summed E-state index contributed by atoms with van der Waals surface area (Å²) in [5, 5.41) is 1.99. The van der Waals surface area contributed by atoms with Crippen molar-refractivity contribution in [2.45, 2.75) is 195 Å². The number of carbonyl (C=O) groups excluding carboxylic acids is 8. The maximum Gasteiger partial charge on any atom is 0.409 e. The highest BCUT2D eigenvalue weighted by molar-refractivity contribution is 8.02. The Kier molecular flexibility index (Phi) is 22.8. The molecule has 0 spiro atoms. The summed E-state index contributed by atoms with van der Waals surface area (Å²) in [6, 6.07) is -1.01. The van der Waals surface area contributed by atoms with E-state index in [0.717, 1.165) is 12.3 Å². The van der Waals surface area contributed by atoms with E-state index < -0.39 is 58.2 Å². The number of likely N-dealkylation sites (tertiary alicyclic amines) is 2. The van der Waals surface area contributed by atoms with Crippen molar-refractivity contribution in [3.63, 3.8) is 0 Å². The van der Waals surface area contributed by atoms with Crippen molar-refractivity contribution in [1.29, 1.82) is 0 Å². The molecule has 1 saturated carbocycles. The average Bonchev–Trinajstić information content (AvgIpc) is 3.85. The number of carbonyl (C=O) groups is 8. The number of rotatable bonds is 27. The molecule has 5 aliphatic rings. The first-order valence-electron chi connectivity index (χ1n) is 26.5. The van der Waals surface area contributed by atoms with Gasteiger partial charge in [0.25, 0.3) is 0 Å². The standard InChI is InChI=1S/C52H85N5O14S2/c1-12-37(35-17-15-13-14-16-32(2)18-19-35)72-38-29-44(60)56(47(38)62)22-24-67-26-27-68-25-23-57-45(61)30-39(48(57)63)73-51(5,6)21-20-42(58)55(10)34(4)49(64)70-40(31-43(59)54(8)9)52(7)46(71-52)33(3)36-28-41(66-11)53-50(65)69-36/h32-41,46H,12-31H2,1-11H3,(H,53,65)/t32?,33-,34+,35?,36+,37?,38?,39?,40+,41?,46+,52+/m1/s1. The lowest BCUT2D eigenvalue weighted by Crippen LogP contribution is -2.50. The van der Waals surface area contributed by atoms with Crippen LogP contribution in [0.3, 0.4) is 0 Å². The molecule has 0 aromatic heterocycles. The van der Waals surface area contributed by atoms with Crippen LogP contribution in [0.25, 0.3) is 0 Å². The van der Waals surface area contributed by atoms with E-state index in [2.05, 4.69) is 19.2 Å². The fourth-order valence-electron chi connectivity index (χ4n) is 10.4. The minimum Gasteiger partial charge on any atom is -0.457 e. The smallest absolute Gasteiger partial charge is 0.409 e. The van der Waals surface area contributed by atoms with Gasteiger partial charge >= 0.3 is 12.1 Å². The largest absolute Gasteiger partial charge is 0.457 e. The third-order valence-corrected chi connectivity index (χ3v) is 18.7. The molecule has 0 aromatic rings. The van der Waals surface area contributed by atoms with E-state index in [1.54, 1.807) is 39.7 Å². The lowest BCUT2D eigenvalue weighted by molar-refractivity contribution is -0.162. The molecule has 1 aliphatic carbocycles. The number of esters is 1. The van der Waals surface area contributed by atoms with Gasteiger partial charge in [0, 0.05) is 69.9 Å². The number of alkyl carbamates (subject to hydrolysis) is 1. The van der Waals surface area contributed by atoms with Crippen molar-refractivity contribution in [3.8, 4) is 0 Å². The Morgan fingerprint density at radius 2 is 1.48 bits per heavy atom. The number of hydrogen-bond donors (Lipinski definition) is 1. The zero-order chi connectivity index (χ0) is 53.8. The van der Waals surface area contributed by atoms with Gasteiger partial charge in [0.15, 0.2) is 0 Å². The van der Waals surface area contributed by atoms with Crippen molar-refractivity contribution in [3.05, 3.63) is 0 Å². The second-order valence-corrected chi connectivity index (χ2v) is 25.0. The van der Waals surface area contributed by atoms with E-state index in [4.69, 9.17) is 28.4 Å². The molecule has 1 N–H and O–H groups in total. The first-order valence-corrected chi connectivity index (χ1v) is 28.3. The average molecular weight is 1070 g/mol. The van der Waals surface area contributed by atoms with Gasteiger partial charge in [0.05, 0.1) is 62.5 Å². The minimum atomic E-state index is -1.07. The number of hydrogen-bond acceptors (Lipinski definition) is 16. The first kappa shape index (κ1) is 60.4. The molecule has 7 amide bonds. The van der Waals surface area contributed by atoms with Gasteiger partial charge in [0.2, 0.25) is 35.4 Å². The molecule has 4 heterocycles. The summed E-state index contributed by atoms with van der Waals surface area (Å²) in [7, 11) is 6.19. The number of amides is 7. The number of cyclic esters (lactones) is 1.